The molecular weight excluding hydrogens is 767 g/mol. The van der Waals surface area contributed by atoms with Crippen molar-refractivity contribution < 1.29 is 33.6 Å². The fourth-order valence-electron chi connectivity index (χ4n) is 6.60. The van der Waals surface area contributed by atoms with E-state index in [0.717, 1.165) is 33.0 Å². The quantitative estimate of drug-likeness (QED) is 0.0335. The first kappa shape index (κ1) is 47.2. The normalized spacial score (nSPS) is 13.3. The SMILES string of the molecule is C=Cc1ccc(CCC(C)(C(=O)OC(C)(C)C)C(=O)c2ccc([N+](=O)[O-])cc2)cc1.C=Cc1ccc(CCC(C)(C(=O)OC(C)(C)C)C(=O)c2cccc3ccccc23)cc1. The lowest BCUT2D eigenvalue weighted by Gasteiger charge is -2.31. The average molecular weight is 824 g/mol. The standard InChI is InChI=1S/C28H30O3.C24H27NO5/c1-6-20-14-16-21(17-15-20)18-19-28(5,26(30)31-27(2,3)4)25(29)24-13-9-11-22-10-7-8-12-23(22)24;1-6-17-7-9-18(10-8-17)15-16-24(5,22(27)30-23(2,3)4)21(26)19-11-13-20(14-12-19)25(28)29/h6-17H,1,18-19H2,2-5H3;6-14H,1,15-16H2,2-5H3. The van der Waals surface area contributed by atoms with Gasteiger partial charge in [-0.3, -0.25) is 29.3 Å². The Hall–Kier alpha value is -6.48. The third kappa shape index (κ3) is 12.5. The number of hydrogen-bond acceptors (Lipinski definition) is 8. The summed E-state index contributed by atoms with van der Waals surface area (Å²) in [5.74, 6) is -1.72. The van der Waals surface area contributed by atoms with Crippen molar-refractivity contribution in [2.45, 2.75) is 92.3 Å². The maximum absolute atomic E-state index is 13.8. The fraction of sp³-hybridized carbons (Fsp3) is 0.308. The van der Waals surface area contributed by atoms with Crippen molar-refractivity contribution in [3.05, 3.63) is 172 Å². The molecule has 318 valence electrons. The van der Waals surface area contributed by atoms with E-state index >= 15 is 0 Å². The summed E-state index contributed by atoms with van der Waals surface area (Å²) in [5.41, 5.74) is 0.564. The van der Waals surface area contributed by atoms with Crippen LogP contribution in [0.4, 0.5) is 5.69 Å². The first-order chi connectivity index (χ1) is 28.6. The van der Waals surface area contributed by atoms with Crippen molar-refractivity contribution in [3.8, 4) is 0 Å². The van der Waals surface area contributed by atoms with E-state index in [2.05, 4.69) is 13.2 Å². The summed E-state index contributed by atoms with van der Waals surface area (Å²) in [6, 6.07) is 34.3. The van der Waals surface area contributed by atoms with Crippen LogP contribution in [-0.4, -0.2) is 39.6 Å². The van der Waals surface area contributed by atoms with Gasteiger partial charge in [-0.2, -0.15) is 0 Å². The number of non-ortho nitro benzene ring substituents is 1. The van der Waals surface area contributed by atoms with Crippen LogP contribution < -0.4 is 0 Å². The molecule has 0 aliphatic carbocycles. The Morgan fingerprint density at radius 1 is 0.574 bits per heavy atom. The lowest BCUT2D eigenvalue weighted by Crippen LogP contribution is -2.42. The van der Waals surface area contributed by atoms with Crippen molar-refractivity contribution >= 4 is 52.1 Å². The molecular formula is C52H57NO8. The summed E-state index contributed by atoms with van der Waals surface area (Å²) in [5, 5.41) is 12.7. The summed E-state index contributed by atoms with van der Waals surface area (Å²) < 4.78 is 11.3. The Labute approximate surface area is 359 Å². The molecule has 0 spiro atoms. The topological polar surface area (TPSA) is 130 Å². The number of ketones is 2. The van der Waals surface area contributed by atoms with E-state index in [1.165, 1.54) is 24.3 Å². The van der Waals surface area contributed by atoms with Gasteiger partial charge >= 0.3 is 11.9 Å². The van der Waals surface area contributed by atoms with Crippen LogP contribution >= 0.6 is 0 Å². The van der Waals surface area contributed by atoms with Gasteiger partial charge in [0.25, 0.3) is 5.69 Å². The number of benzene rings is 5. The monoisotopic (exact) mass is 823 g/mol. The van der Waals surface area contributed by atoms with Crippen LogP contribution in [0.3, 0.4) is 0 Å². The number of carbonyl (C=O) groups is 4. The van der Waals surface area contributed by atoms with Crippen LogP contribution in [0.25, 0.3) is 22.9 Å². The van der Waals surface area contributed by atoms with E-state index in [1.807, 2.05) is 106 Å². The minimum atomic E-state index is -1.43. The van der Waals surface area contributed by atoms with Gasteiger partial charge in [-0.25, -0.2) is 0 Å². The van der Waals surface area contributed by atoms with Crippen molar-refractivity contribution in [1.29, 1.82) is 0 Å². The molecule has 0 aliphatic heterocycles. The molecule has 0 heterocycles. The highest BCUT2D eigenvalue weighted by atomic mass is 16.6. The number of nitro benzene ring substituents is 1. The number of ether oxygens (including phenoxy) is 2. The largest absolute Gasteiger partial charge is 0.459 e. The lowest BCUT2D eigenvalue weighted by molar-refractivity contribution is -0.384. The summed E-state index contributed by atoms with van der Waals surface area (Å²) >= 11 is 0. The molecule has 2 atom stereocenters. The van der Waals surface area contributed by atoms with Crippen LogP contribution in [0.5, 0.6) is 0 Å². The number of rotatable bonds is 15. The highest BCUT2D eigenvalue weighted by Crippen LogP contribution is 2.35. The van der Waals surface area contributed by atoms with Crippen LogP contribution in [0.2, 0.25) is 0 Å². The average Bonchev–Trinajstić information content (AvgIpc) is 3.23. The van der Waals surface area contributed by atoms with E-state index < -0.39 is 44.7 Å². The maximum atomic E-state index is 13.8. The van der Waals surface area contributed by atoms with E-state index in [-0.39, 0.29) is 23.5 Å². The van der Waals surface area contributed by atoms with Gasteiger partial charge in [-0.1, -0.05) is 116 Å². The molecule has 0 amide bonds. The van der Waals surface area contributed by atoms with Gasteiger partial charge < -0.3 is 9.47 Å². The smallest absolute Gasteiger partial charge is 0.320 e. The van der Waals surface area contributed by atoms with E-state index in [1.54, 1.807) is 52.8 Å². The third-order valence-electron chi connectivity index (χ3n) is 10.3. The van der Waals surface area contributed by atoms with Crippen molar-refractivity contribution in [2.75, 3.05) is 0 Å². The van der Waals surface area contributed by atoms with Crippen molar-refractivity contribution in [2.24, 2.45) is 10.8 Å². The van der Waals surface area contributed by atoms with Crippen molar-refractivity contribution in [1.82, 2.24) is 0 Å². The number of nitrogens with zero attached hydrogens (tertiary/aromatic N) is 1. The molecule has 0 saturated carbocycles. The summed E-state index contributed by atoms with van der Waals surface area (Å²) in [6.07, 6.45) is 5.21. The predicted octanol–water partition coefficient (Wildman–Crippen LogP) is 12.0. The zero-order chi connectivity index (χ0) is 45.2. The molecule has 5 rings (SSSR count). The molecule has 61 heavy (non-hydrogen) atoms. The summed E-state index contributed by atoms with van der Waals surface area (Å²) in [4.78, 5) is 63.8. The minimum absolute atomic E-state index is 0.118. The molecule has 0 aliphatic rings. The van der Waals surface area contributed by atoms with Gasteiger partial charge in [0, 0.05) is 23.3 Å². The Bertz CT molecular complexity index is 2380. The zero-order valence-corrected chi connectivity index (χ0v) is 36.6. The minimum Gasteiger partial charge on any atom is -0.459 e. The maximum Gasteiger partial charge on any atom is 0.320 e. The van der Waals surface area contributed by atoms with Gasteiger partial charge in [0.15, 0.2) is 11.6 Å². The molecule has 0 radical (unpaired) electrons. The summed E-state index contributed by atoms with van der Waals surface area (Å²) in [6.45, 7) is 21.5. The number of carbonyl (C=O) groups excluding carboxylic acids is 4. The van der Waals surface area contributed by atoms with Crippen molar-refractivity contribution in [3.63, 3.8) is 0 Å². The molecule has 0 aromatic heterocycles. The fourth-order valence-corrected chi connectivity index (χ4v) is 6.60. The van der Waals surface area contributed by atoms with Gasteiger partial charge in [0.2, 0.25) is 0 Å². The number of hydrogen-bond donors (Lipinski definition) is 0. The van der Waals surface area contributed by atoms with Gasteiger partial charge in [0.1, 0.15) is 22.0 Å². The van der Waals surface area contributed by atoms with Crippen LogP contribution in [-0.2, 0) is 31.9 Å². The second-order valence-electron chi connectivity index (χ2n) is 17.5. The Morgan fingerprint density at radius 3 is 1.43 bits per heavy atom. The second kappa shape index (κ2) is 19.7. The highest BCUT2D eigenvalue weighted by molar-refractivity contribution is 6.18. The van der Waals surface area contributed by atoms with Crippen LogP contribution in [0.1, 0.15) is 111 Å². The molecule has 0 saturated heterocycles. The lowest BCUT2D eigenvalue weighted by atomic mass is 9.76. The predicted molar refractivity (Wildman–Crippen MR) is 243 cm³/mol. The molecule has 9 nitrogen and oxygen atoms in total. The van der Waals surface area contributed by atoms with E-state index in [4.69, 9.17) is 9.47 Å². The number of nitro groups is 1. The van der Waals surface area contributed by atoms with E-state index in [9.17, 15) is 29.3 Å². The first-order valence-corrected chi connectivity index (χ1v) is 20.3. The first-order valence-electron chi connectivity index (χ1n) is 20.3. The van der Waals surface area contributed by atoms with Crippen LogP contribution in [0.15, 0.2) is 128 Å². The Kier molecular flexibility index (Phi) is 15.3. The van der Waals surface area contributed by atoms with Crippen LogP contribution in [0, 0.1) is 20.9 Å². The van der Waals surface area contributed by atoms with Gasteiger partial charge in [-0.05, 0) is 126 Å². The number of aryl methyl sites for hydroxylation is 2. The molecule has 0 N–H and O–H groups in total. The number of Topliss-reactive ketones (excluding diaryl/α,β-unsaturated/α-hetero) is 2. The Morgan fingerprint density at radius 2 is 1.00 bits per heavy atom. The molecule has 0 bridgehead atoms. The highest BCUT2D eigenvalue weighted by Gasteiger charge is 2.45. The second-order valence-corrected chi connectivity index (χ2v) is 17.5. The molecule has 9 heteroatoms. The number of fused-ring (bicyclic) bond motifs is 1. The van der Waals surface area contributed by atoms with Gasteiger partial charge in [0.05, 0.1) is 4.92 Å². The Balaban J connectivity index is 0.000000269. The molecule has 2 unspecified atom stereocenters. The molecule has 0 fully saturated rings. The van der Waals surface area contributed by atoms with E-state index in [0.29, 0.717) is 24.8 Å². The molecule has 5 aromatic carbocycles. The number of esters is 2. The zero-order valence-electron chi connectivity index (χ0n) is 36.6. The summed E-state index contributed by atoms with van der Waals surface area (Å²) in [7, 11) is 0. The third-order valence-corrected chi connectivity index (χ3v) is 10.3. The molecule has 5 aromatic rings. The van der Waals surface area contributed by atoms with Gasteiger partial charge in [-0.15, -0.1) is 0 Å².